The fourth-order valence-corrected chi connectivity index (χ4v) is 1.63. The van der Waals surface area contributed by atoms with Gasteiger partial charge < -0.3 is 21.1 Å². The van der Waals surface area contributed by atoms with Gasteiger partial charge in [0.15, 0.2) is 5.11 Å². The van der Waals surface area contributed by atoms with E-state index in [1.54, 1.807) is 7.11 Å². The quantitative estimate of drug-likeness (QED) is 0.695. The van der Waals surface area contributed by atoms with Crippen LogP contribution in [0.3, 0.4) is 0 Å². The third kappa shape index (κ3) is 4.58. The standard InChI is InChI=1S/C12H17N3O2S/c1-8(16)14-6-5-9-3-4-11(17-2)10(7-9)15-12(13)18/h3-4,7H,5-6H2,1-2H3,(H,14,16)(H3,13,15,18). The molecule has 1 aromatic carbocycles. The van der Waals surface area contributed by atoms with Crippen LogP contribution in [0, 0.1) is 0 Å². The predicted molar refractivity (Wildman–Crippen MR) is 75.8 cm³/mol. The minimum Gasteiger partial charge on any atom is -0.495 e. The van der Waals surface area contributed by atoms with Crippen molar-refractivity contribution in [2.45, 2.75) is 13.3 Å². The van der Waals surface area contributed by atoms with Gasteiger partial charge in [0, 0.05) is 13.5 Å². The molecule has 0 aliphatic rings. The van der Waals surface area contributed by atoms with Crippen molar-refractivity contribution in [2.75, 3.05) is 19.0 Å². The number of hydrogen-bond acceptors (Lipinski definition) is 3. The zero-order valence-electron chi connectivity index (χ0n) is 10.4. The van der Waals surface area contributed by atoms with Gasteiger partial charge in [0.05, 0.1) is 12.8 Å². The first-order chi connectivity index (χ1) is 8.52. The van der Waals surface area contributed by atoms with E-state index in [9.17, 15) is 4.79 Å². The Morgan fingerprint density at radius 3 is 2.78 bits per heavy atom. The van der Waals surface area contributed by atoms with Gasteiger partial charge in [-0.2, -0.15) is 0 Å². The molecule has 0 bridgehead atoms. The highest BCUT2D eigenvalue weighted by Crippen LogP contribution is 2.25. The number of ether oxygens (including phenoxy) is 1. The van der Waals surface area contributed by atoms with Gasteiger partial charge >= 0.3 is 0 Å². The predicted octanol–water partition coefficient (Wildman–Crippen LogP) is 1.03. The number of rotatable bonds is 5. The van der Waals surface area contributed by atoms with Crippen molar-refractivity contribution in [3.63, 3.8) is 0 Å². The van der Waals surface area contributed by atoms with Crippen LogP contribution in [-0.4, -0.2) is 24.7 Å². The van der Waals surface area contributed by atoms with Crippen molar-refractivity contribution in [2.24, 2.45) is 5.73 Å². The zero-order chi connectivity index (χ0) is 13.5. The topological polar surface area (TPSA) is 76.4 Å². The molecular formula is C12H17N3O2S. The lowest BCUT2D eigenvalue weighted by Crippen LogP contribution is -2.22. The van der Waals surface area contributed by atoms with Gasteiger partial charge in [-0.25, -0.2) is 0 Å². The van der Waals surface area contributed by atoms with Crippen molar-refractivity contribution in [1.29, 1.82) is 0 Å². The number of carbonyl (C=O) groups excluding carboxylic acids is 1. The summed E-state index contributed by atoms with van der Waals surface area (Å²) in [5.74, 6) is 0.635. The second kappa shape index (κ2) is 6.80. The lowest BCUT2D eigenvalue weighted by atomic mass is 10.1. The second-order valence-corrected chi connectivity index (χ2v) is 4.20. The normalized spacial score (nSPS) is 9.67. The lowest BCUT2D eigenvalue weighted by Gasteiger charge is -2.12. The van der Waals surface area contributed by atoms with E-state index in [0.717, 1.165) is 17.7 Å². The summed E-state index contributed by atoms with van der Waals surface area (Å²) in [5.41, 5.74) is 7.23. The van der Waals surface area contributed by atoms with E-state index in [4.69, 9.17) is 22.7 Å². The molecule has 98 valence electrons. The molecule has 1 amide bonds. The summed E-state index contributed by atoms with van der Waals surface area (Å²) in [6.45, 7) is 2.09. The maximum absolute atomic E-state index is 10.8. The molecular weight excluding hydrogens is 250 g/mol. The van der Waals surface area contributed by atoms with E-state index < -0.39 is 0 Å². The molecule has 1 rings (SSSR count). The minimum atomic E-state index is -0.0370. The van der Waals surface area contributed by atoms with E-state index in [1.165, 1.54) is 6.92 Å². The molecule has 4 N–H and O–H groups in total. The Kier molecular flexibility index (Phi) is 5.38. The number of hydrogen-bond donors (Lipinski definition) is 3. The number of nitrogens with one attached hydrogen (secondary N) is 2. The molecule has 0 saturated carbocycles. The maximum atomic E-state index is 10.8. The Morgan fingerprint density at radius 2 is 2.22 bits per heavy atom. The monoisotopic (exact) mass is 267 g/mol. The Labute approximate surface area is 112 Å². The average Bonchev–Trinajstić information content (AvgIpc) is 2.28. The number of amides is 1. The zero-order valence-corrected chi connectivity index (χ0v) is 11.3. The van der Waals surface area contributed by atoms with Crippen LogP contribution in [0.1, 0.15) is 12.5 Å². The molecule has 0 saturated heterocycles. The van der Waals surface area contributed by atoms with Crippen LogP contribution in [0.15, 0.2) is 18.2 Å². The largest absolute Gasteiger partial charge is 0.495 e. The Morgan fingerprint density at radius 1 is 1.50 bits per heavy atom. The number of anilines is 1. The number of carbonyl (C=O) groups is 1. The fraction of sp³-hybridized carbons (Fsp3) is 0.333. The molecule has 0 aromatic heterocycles. The maximum Gasteiger partial charge on any atom is 0.216 e. The van der Waals surface area contributed by atoms with Gasteiger partial charge in [-0.3, -0.25) is 4.79 Å². The van der Waals surface area contributed by atoms with Crippen LogP contribution in [0.5, 0.6) is 5.75 Å². The summed E-state index contributed by atoms with van der Waals surface area (Å²) < 4.78 is 5.20. The van der Waals surface area contributed by atoms with E-state index in [2.05, 4.69) is 10.6 Å². The van der Waals surface area contributed by atoms with Gasteiger partial charge in [0.1, 0.15) is 5.75 Å². The first-order valence-electron chi connectivity index (χ1n) is 5.50. The van der Waals surface area contributed by atoms with Crippen LogP contribution in [0.4, 0.5) is 5.69 Å². The Balaban J connectivity index is 2.75. The second-order valence-electron chi connectivity index (χ2n) is 3.76. The number of benzene rings is 1. The van der Waals surface area contributed by atoms with Crippen molar-refractivity contribution in [3.8, 4) is 5.75 Å². The molecule has 0 heterocycles. The van der Waals surface area contributed by atoms with Gasteiger partial charge in [-0.05, 0) is 36.3 Å². The number of methoxy groups -OCH3 is 1. The SMILES string of the molecule is COc1ccc(CCNC(C)=O)cc1NC(N)=S. The molecule has 0 aliphatic carbocycles. The number of nitrogens with two attached hydrogens (primary N) is 1. The summed E-state index contributed by atoms with van der Waals surface area (Å²) in [4.78, 5) is 10.8. The van der Waals surface area contributed by atoms with E-state index in [1.807, 2.05) is 18.2 Å². The molecule has 0 fully saturated rings. The average molecular weight is 267 g/mol. The first-order valence-corrected chi connectivity index (χ1v) is 5.91. The van der Waals surface area contributed by atoms with Gasteiger partial charge in [0.25, 0.3) is 0 Å². The lowest BCUT2D eigenvalue weighted by molar-refractivity contribution is -0.118. The summed E-state index contributed by atoms with van der Waals surface area (Å²) >= 11 is 4.80. The third-order valence-electron chi connectivity index (χ3n) is 2.31. The number of thiocarbonyl (C=S) groups is 1. The summed E-state index contributed by atoms with van der Waals surface area (Å²) in [5, 5.41) is 5.79. The molecule has 6 heteroatoms. The Bertz CT molecular complexity index is 449. The molecule has 0 unspecified atom stereocenters. The molecule has 0 spiro atoms. The van der Waals surface area contributed by atoms with Gasteiger partial charge in [0.2, 0.25) is 5.91 Å². The minimum absolute atomic E-state index is 0.0370. The molecule has 18 heavy (non-hydrogen) atoms. The van der Waals surface area contributed by atoms with Crippen molar-refractivity contribution >= 4 is 28.9 Å². The molecule has 0 radical (unpaired) electrons. The van der Waals surface area contributed by atoms with Crippen LogP contribution in [0.25, 0.3) is 0 Å². The third-order valence-corrected chi connectivity index (χ3v) is 2.41. The van der Waals surface area contributed by atoms with E-state index in [-0.39, 0.29) is 11.0 Å². The van der Waals surface area contributed by atoms with Crippen molar-refractivity contribution in [1.82, 2.24) is 5.32 Å². The van der Waals surface area contributed by atoms with Crippen LogP contribution < -0.4 is 21.1 Å². The van der Waals surface area contributed by atoms with Crippen LogP contribution >= 0.6 is 12.2 Å². The molecule has 0 aliphatic heterocycles. The van der Waals surface area contributed by atoms with Crippen LogP contribution in [0.2, 0.25) is 0 Å². The fourth-order valence-electron chi connectivity index (χ4n) is 1.52. The van der Waals surface area contributed by atoms with Crippen molar-refractivity contribution < 1.29 is 9.53 Å². The summed E-state index contributed by atoms with van der Waals surface area (Å²) in [6.07, 6.45) is 0.732. The highest BCUT2D eigenvalue weighted by atomic mass is 32.1. The van der Waals surface area contributed by atoms with Crippen LogP contribution in [-0.2, 0) is 11.2 Å². The highest BCUT2D eigenvalue weighted by molar-refractivity contribution is 7.80. The smallest absolute Gasteiger partial charge is 0.216 e. The molecule has 0 atom stereocenters. The highest BCUT2D eigenvalue weighted by Gasteiger charge is 2.05. The molecule has 1 aromatic rings. The van der Waals surface area contributed by atoms with Crippen molar-refractivity contribution in [3.05, 3.63) is 23.8 Å². The first kappa shape index (κ1) is 14.2. The Hall–Kier alpha value is -1.82. The van der Waals surface area contributed by atoms with E-state index in [0.29, 0.717) is 12.3 Å². The van der Waals surface area contributed by atoms with Gasteiger partial charge in [-0.15, -0.1) is 0 Å². The van der Waals surface area contributed by atoms with Gasteiger partial charge in [-0.1, -0.05) is 6.07 Å². The molecule has 5 nitrogen and oxygen atoms in total. The summed E-state index contributed by atoms with van der Waals surface area (Å²) in [7, 11) is 1.58. The van der Waals surface area contributed by atoms with E-state index >= 15 is 0 Å². The summed E-state index contributed by atoms with van der Waals surface area (Å²) in [6, 6.07) is 5.68.